The lowest BCUT2D eigenvalue weighted by molar-refractivity contribution is 0.932. The molecule has 0 heteroatoms. The molecular formula is C27H28. The van der Waals surface area contributed by atoms with Crippen molar-refractivity contribution in [3.8, 4) is 0 Å². The molecular weight excluding hydrogens is 324 g/mol. The normalized spacial score (nSPS) is 10.6. The van der Waals surface area contributed by atoms with Crippen LogP contribution in [0.2, 0.25) is 0 Å². The average molecular weight is 353 g/mol. The number of hydrogen-bond donors (Lipinski definition) is 0. The van der Waals surface area contributed by atoms with E-state index in [1.807, 2.05) is 6.07 Å². The van der Waals surface area contributed by atoms with Gasteiger partial charge >= 0.3 is 0 Å². The molecule has 0 heterocycles. The molecule has 0 aliphatic carbocycles. The van der Waals surface area contributed by atoms with Crippen molar-refractivity contribution >= 4 is 5.57 Å². The molecule has 0 saturated heterocycles. The van der Waals surface area contributed by atoms with Crippen molar-refractivity contribution in [2.24, 2.45) is 0 Å². The van der Waals surface area contributed by atoms with Crippen LogP contribution in [0.1, 0.15) is 41.2 Å². The van der Waals surface area contributed by atoms with Crippen molar-refractivity contribution in [2.45, 2.75) is 32.6 Å². The maximum absolute atomic E-state index is 4.29. The van der Waals surface area contributed by atoms with Crippen molar-refractivity contribution < 1.29 is 0 Å². The molecule has 0 aliphatic rings. The highest BCUT2D eigenvalue weighted by Crippen LogP contribution is 2.22. The first-order valence-corrected chi connectivity index (χ1v) is 9.67. The van der Waals surface area contributed by atoms with Gasteiger partial charge in [-0.15, -0.1) is 6.58 Å². The van der Waals surface area contributed by atoms with E-state index in [1.54, 1.807) is 0 Å². The maximum Gasteiger partial charge on any atom is -0.0181 e. The minimum atomic E-state index is 1.04. The second-order valence-electron chi connectivity index (χ2n) is 7.32. The average Bonchev–Trinajstić information content (AvgIpc) is 2.72. The first kappa shape index (κ1) is 18.9. The molecule has 27 heavy (non-hydrogen) atoms. The van der Waals surface area contributed by atoms with Crippen LogP contribution in [-0.4, -0.2) is 0 Å². The Bertz CT molecular complexity index is 898. The van der Waals surface area contributed by atoms with E-state index < -0.39 is 0 Å². The molecule has 0 N–H and O–H groups in total. The molecule has 0 radical (unpaired) electrons. The van der Waals surface area contributed by atoms with E-state index in [0.29, 0.717) is 0 Å². The van der Waals surface area contributed by atoms with Crippen LogP contribution in [0.25, 0.3) is 5.57 Å². The van der Waals surface area contributed by atoms with Gasteiger partial charge in [0, 0.05) is 0 Å². The number of aryl methyl sites for hydroxylation is 3. The van der Waals surface area contributed by atoms with Gasteiger partial charge in [0.1, 0.15) is 0 Å². The van der Waals surface area contributed by atoms with E-state index in [4.69, 9.17) is 0 Å². The summed E-state index contributed by atoms with van der Waals surface area (Å²) in [6.45, 7) is 10.4. The maximum atomic E-state index is 4.29. The summed E-state index contributed by atoms with van der Waals surface area (Å²) in [4.78, 5) is 0. The topological polar surface area (TPSA) is 0 Å². The zero-order valence-electron chi connectivity index (χ0n) is 16.2. The third-order valence-electron chi connectivity index (χ3n) is 4.96. The summed E-state index contributed by atoms with van der Waals surface area (Å²) in [6, 6.07) is 28.2. The van der Waals surface area contributed by atoms with Crippen LogP contribution in [0.5, 0.6) is 0 Å². The molecule has 3 aromatic rings. The smallest absolute Gasteiger partial charge is 0.0181 e. The first-order valence-electron chi connectivity index (χ1n) is 9.67. The highest BCUT2D eigenvalue weighted by atomic mass is 14.1. The molecule has 0 amide bonds. The molecule has 0 fully saturated rings. The Hall–Kier alpha value is -2.86. The van der Waals surface area contributed by atoms with E-state index >= 15 is 0 Å². The third-order valence-corrected chi connectivity index (χ3v) is 4.96. The van der Waals surface area contributed by atoms with Crippen molar-refractivity contribution in [3.05, 3.63) is 125 Å². The minimum absolute atomic E-state index is 1.04. The second-order valence-corrected chi connectivity index (χ2v) is 7.32. The summed E-state index contributed by atoms with van der Waals surface area (Å²) in [6.07, 6.45) is 4.25. The zero-order chi connectivity index (χ0) is 19.1. The van der Waals surface area contributed by atoms with Crippen molar-refractivity contribution in [1.82, 2.24) is 0 Å². The lowest BCUT2D eigenvalue weighted by atomic mass is 9.96. The van der Waals surface area contributed by atoms with E-state index in [2.05, 4.69) is 92.9 Å². The number of hydrogen-bond acceptors (Lipinski definition) is 0. The van der Waals surface area contributed by atoms with Gasteiger partial charge in [0.15, 0.2) is 0 Å². The molecule has 0 saturated carbocycles. The Balaban J connectivity index is 1.61. The fourth-order valence-electron chi connectivity index (χ4n) is 3.24. The van der Waals surface area contributed by atoms with Crippen molar-refractivity contribution in [2.75, 3.05) is 0 Å². The van der Waals surface area contributed by atoms with E-state index in [0.717, 1.165) is 31.3 Å². The summed E-state index contributed by atoms with van der Waals surface area (Å²) in [7, 11) is 0. The Morgan fingerprint density at radius 3 is 1.89 bits per heavy atom. The molecule has 0 aromatic heterocycles. The third kappa shape index (κ3) is 5.56. The minimum Gasteiger partial charge on any atom is -0.100 e. The predicted molar refractivity (Wildman–Crippen MR) is 118 cm³/mol. The van der Waals surface area contributed by atoms with E-state index in [9.17, 15) is 0 Å². The lowest BCUT2D eigenvalue weighted by Crippen LogP contribution is -1.94. The van der Waals surface area contributed by atoms with Gasteiger partial charge in [-0.3, -0.25) is 0 Å². The molecule has 0 bridgehead atoms. The van der Waals surface area contributed by atoms with Gasteiger partial charge in [-0.1, -0.05) is 91.0 Å². The molecule has 136 valence electrons. The molecule has 0 nitrogen and oxygen atoms in total. The van der Waals surface area contributed by atoms with Gasteiger partial charge in [-0.25, -0.2) is 0 Å². The Morgan fingerprint density at radius 1 is 0.630 bits per heavy atom. The fourth-order valence-corrected chi connectivity index (χ4v) is 3.24. The molecule has 0 spiro atoms. The van der Waals surface area contributed by atoms with Gasteiger partial charge in [0.05, 0.1) is 0 Å². The van der Waals surface area contributed by atoms with Crippen molar-refractivity contribution in [1.29, 1.82) is 0 Å². The van der Waals surface area contributed by atoms with Crippen LogP contribution < -0.4 is 0 Å². The van der Waals surface area contributed by atoms with Gasteiger partial charge in [-0.05, 0) is 66.0 Å². The SMILES string of the molecule is C=C(C)CCc1ccc(CCc2cccc(C(=C)c3ccccc3)c2)cc1. The summed E-state index contributed by atoms with van der Waals surface area (Å²) in [5.74, 6) is 0. The Morgan fingerprint density at radius 2 is 1.22 bits per heavy atom. The van der Waals surface area contributed by atoms with Crippen LogP contribution in [0.4, 0.5) is 0 Å². The highest BCUT2D eigenvalue weighted by molar-refractivity contribution is 5.78. The zero-order valence-corrected chi connectivity index (χ0v) is 16.2. The van der Waals surface area contributed by atoms with E-state index in [-0.39, 0.29) is 0 Å². The fraction of sp³-hybridized carbons (Fsp3) is 0.185. The monoisotopic (exact) mass is 352 g/mol. The number of rotatable bonds is 8. The Kier molecular flexibility index (Phi) is 6.44. The van der Waals surface area contributed by atoms with Gasteiger partial charge in [-0.2, -0.15) is 0 Å². The molecule has 0 unspecified atom stereocenters. The lowest BCUT2D eigenvalue weighted by Gasteiger charge is -2.09. The van der Waals surface area contributed by atoms with Crippen LogP contribution in [-0.2, 0) is 19.3 Å². The molecule has 3 aromatic carbocycles. The van der Waals surface area contributed by atoms with Gasteiger partial charge in [0.2, 0.25) is 0 Å². The molecule has 0 aliphatic heterocycles. The van der Waals surface area contributed by atoms with E-state index in [1.165, 1.54) is 33.4 Å². The summed E-state index contributed by atoms with van der Waals surface area (Å²) < 4.78 is 0. The Labute approximate surface area is 163 Å². The summed E-state index contributed by atoms with van der Waals surface area (Å²) in [5.41, 5.74) is 8.85. The number of allylic oxidation sites excluding steroid dienone is 1. The first-order chi connectivity index (χ1) is 13.1. The van der Waals surface area contributed by atoms with Gasteiger partial charge in [0.25, 0.3) is 0 Å². The van der Waals surface area contributed by atoms with Crippen LogP contribution in [0.15, 0.2) is 97.6 Å². The van der Waals surface area contributed by atoms with Crippen LogP contribution in [0, 0.1) is 0 Å². The largest absolute Gasteiger partial charge is 0.100 e. The summed E-state index contributed by atoms with van der Waals surface area (Å²) >= 11 is 0. The second kappa shape index (κ2) is 9.19. The van der Waals surface area contributed by atoms with Crippen molar-refractivity contribution in [3.63, 3.8) is 0 Å². The van der Waals surface area contributed by atoms with Gasteiger partial charge < -0.3 is 0 Å². The highest BCUT2D eigenvalue weighted by Gasteiger charge is 2.04. The predicted octanol–water partition coefficient (Wildman–Crippen LogP) is 7.04. The molecule has 3 rings (SSSR count). The quantitative estimate of drug-likeness (QED) is 0.381. The van der Waals surface area contributed by atoms with Crippen LogP contribution in [0.3, 0.4) is 0 Å². The summed E-state index contributed by atoms with van der Waals surface area (Å²) in [5, 5.41) is 0. The number of benzene rings is 3. The standard InChI is InChI=1S/C27H28/c1-21(2)12-13-23-14-16-24(17-15-23)18-19-25-8-7-11-27(20-25)22(3)26-9-5-4-6-10-26/h4-11,14-17,20H,1,3,12-13,18-19H2,2H3. The molecule has 0 atom stereocenters. The van der Waals surface area contributed by atoms with Crippen LogP contribution >= 0.6 is 0 Å².